The van der Waals surface area contributed by atoms with E-state index in [1.807, 2.05) is 0 Å². The SMILES string of the molecule is CC(=O)OCC[Si]O[Si](C)C. The van der Waals surface area contributed by atoms with Crippen molar-refractivity contribution >= 4 is 24.8 Å². The molecule has 3 radical (unpaired) electrons. The van der Waals surface area contributed by atoms with E-state index in [0.29, 0.717) is 16.4 Å². The average molecular weight is 189 g/mol. The van der Waals surface area contributed by atoms with Crippen molar-refractivity contribution < 1.29 is 13.6 Å². The highest BCUT2D eigenvalue weighted by atomic mass is 28.3. The molecule has 0 aromatic rings. The Labute approximate surface area is 71.8 Å². The molecule has 0 aliphatic carbocycles. The molecule has 0 aliphatic rings. The van der Waals surface area contributed by atoms with Crippen molar-refractivity contribution in [3.05, 3.63) is 0 Å². The minimum absolute atomic E-state index is 0.215. The lowest BCUT2D eigenvalue weighted by Gasteiger charge is -2.03. The first-order valence-corrected chi connectivity index (χ1v) is 6.98. The summed E-state index contributed by atoms with van der Waals surface area (Å²) in [7, 11) is -0.0831. The molecule has 0 N–H and O–H groups in total. The molecule has 0 heterocycles. The third-order valence-electron chi connectivity index (χ3n) is 0.786. The standard InChI is InChI=1S/C6H13O3Si2/c1-6(7)8-4-5-10-9-11(2)3/h4-5H2,1-3H3. The first-order chi connectivity index (χ1) is 5.13. The Morgan fingerprint density at radius 3 is 2.64 bits per heavy atom. The van der Waals surface area contributed by atoms with Gasteiger partial charge in [0, 0.05) is 6.92 Å². The predicted octanol–water partition coefficient (Wildman–Crippen LogP) is 0.855. The molecule has 63 valence electrons. The van der Waals surface area contributed by atoms with Gasteiger partial charge in [0.25, 0.3) is 0 Å². The molecule has 3 nitrogen and oxygen atoms in total. The Kier molecular flexibility index (Phi) is 6.48. The summed E-state index contributed by atoms with van der Waals surface area (Å²) in [6.45, 7) is 6.08. The van der Waals surface area contributed by atoms with Crippen molar-refractivity contribution in [2.75, 3.05) is 6.61 Å². The summed E-state index contributed by atoms with van der Waals surface area (Å²) >= 11 is 0. The van der Waals surface area contributed by atoms with Crippen molar-refractivity contribution in [2.45, 2.75) is 26.1 Å². The molecule has 5 heteroatoms. The van der Waals surface area contributed by atoms with Crippen LogP contribution < -0.4 is 0 Å². The molecule has 0 bridgehead atoms. The first kappa shape index (κ1) is 10.9. The van der Waals surface area contributed by atoms with Crippen LogP contribution >= 0.6 is 0 Å². The number of esters is 1. The fraction of sp³-hybridized carbons (Fsp3) is 0.833. The summed E-state index contributed by atoms with van der Waals surface area (Å²) in [5.74, 6) is -0.215. The van der Waals surface area contributed by atoms with E-state index >= 15 is 0 Å². The molecular formula is C6H13O3Si2. The van der Waals surface area contributed by atoms with Crippen LogP contribution in [0, 0.1) is 0 Å². The lowest BCUT2D eigenvalue weighted by molar-refractivity contribution is -0.140. The molecule has 0 fully saturated rings. The van der Waals surface area contributed by atoms with Gasteiger partial charge in [0.05, 0.1) is 6.61 Å². The summed E-state index contributed by atoms with van der Waals surface area (Å²) in [6, 6.07) is 0.829. The lowest BCUT2D eigenvalue weighted by atomic mass is 10.8. The van der Waals surface area contributed by atoms with Crippen LogP contribution in [0.2, 0.25) is 19.1 Å². The van der Waals surface area contributed by atoms with Gasteiger partial charge in [-0.25, -0.2) is 0 Å². The molecule has 11 heavy (non-hydrogen) atoms. The molecule has 0 aromatic heterocycles. The maximum Gasteiger partial charge on any atom is 0.302 e. The van der Waals surface area contributed by atoms with Crippen LogP contribution in [0.4, 0.5) is 0 Å². The number of rotatable bonds is 5. The van der Waals surface area contributed by atoms with Gasteiger partial charge in [-0.3, -0.25) is 4.79 Å². The number of carbonyl (C=O) groups excluding carboxylic acids is 1. The minimum Gasteiger partial charge on any atom is -0.466 e. The molecule has 0 saturated carbocycles. The van der Waals surface area contributed by atoms with E-state index in [1.54, 1.807) is 0 Å². The fourth-order valence-corrected chi connectivity index (χ4v) is 2.18. The summed E-state index contributed by atoms with van der Waals surface area (Å²) in [5.41, 5.74) is 0. The second-order valence-electron chi connectivity index (χ2n) is 2.24. The third kappa shape index (κ3) is 9.86. The quantitative estimate of drug-likeness (QED) is 0.365. The van der Waals surface area contributed by atoms with Gasteiger partial charge in [0.1, 0.15) is 0 Å². The fourth-order valence-electron chi connectivity index (χ4n) is 0.432. The van der Waals surface area contributed by atoms with Gasteiger partial charge in [-0.05, 0) is 19.1 Å². The van der Waals surface area contributed by atoms with E-state index in [2.05, 4.69) is 13.1 Å². The second kappa shape index (κ2) is 6.57. The van der Waals surface area contributed by atoms with Crippen LogP contribution in [0.3, 0.4) is 0 Å². The van der Waals surface area contributed by atoms with E-state index < -0.39 is 9.04 Å². The minimum atomic E-state index is -0.563. The van der Waals surface area contributed by atoms with Gasteiger partial charge < -0.3 is 8.85 Å². The Morgan fingerprint density at radius 1 is 1.55 bits per heavy atom. The van der Waals surface area contributed by atoms with Crippen LogP contribution in [-0.4, -0.2) is 31.4 Å². The molecule has 0 saturated heterocycles. The molecule has 0 amide bonds. The van der Waals surface area contributed by atoms with Crippen molar-refractivity contribution in [2.24, 2.45) is 0 Å². The molecule has 0 spiro atoms. The third-order valence-corrected chi connectivity index (χ3v) is 3.40. The number of ether oxygens (including phenoxy) is 1. The zero-order chi connectivity index (χ0) is 8.69. The van der Waals surface area contributed by atoms with E-state index in [1.165, 1.54) is 6.92 Å². The predicted molar refractivity (Wildman–Crippen MR) is 45.8 cm³/mol. The Balaban J connectivity index is 2.97. The number of carbonyl (C=O) groups is 1. The summed E-state index contributed by atoms with van der Waals surface area (Å²) in [5, 5.41) is 0. The number of hydrogen-bond acceptors (Lipinski definition) is 3. The maximum atomic E-state index is 10.3. The molecule has 0 aromatic carbocycles. The van der Waals surface area contributed by atoms with Crippen molar-refractivity contribution in [3.8, 4) is 0 Å². The highest BCUT2D eigenvalue weighted by Gasteiger charge is 1.98. The summed E-state index contributed by atoms with van der Waals surface area (Å²) in [4.78, 5) is 10.3. The molecule has 0 rings (SSSR count). The largest absolute Gasteiger partial charge is 0.466 e. The van der Waals surface area contributed by atoms with E-state index in [4.69, 9.17) is 8.85 Å². The molecule has 0 unspecified atom stereocenters. The smallest absolute Gasteiger partial charge is 0.302 e. The first-order valence-electron chi connectivity index (χ1n) is 3.46. The monoisotopic (exact) mass is 189 g/mol. The average Bonchev–Trinajstić information content (AvgIpc) is 1.85. The van der Waals surface area contributed by atoms with Gasteiger partial charge >= 0.3 is 5.97 Å². The van der Waals surface area contributed by atoms with Crippen LogP contribution in [0.5, 0.6) is 0 Å². The zero-order valence-electron chi connectivity index (χ0n) is 7.14. The Hall–Kier alpha value is -0.136. The van der Waals surface area contributed by atoms with Gasteiger partial charge in [0.15, 0.2) is 9.04 Å². The topological polar surface area (TPSA) is 35.5 Å². The summed E-state index contributed by atoms with van der Waals surface area (Å²) in [6.07, 6.45) is 0. The molecular weight excluding hydrogens is 176 g/mol. The highest BCUT2D eigenvalue weighted by Crippen LogP contribution is 1.87. The zero-order valence-corrected chi connectivity index (χ0v) is 9.14. The van der Waals surface area contributed by atoms with Crippen LogP contribution in [0.25, 0.3) is 0 Å². The highest BCUT2D eigenvalue weighted by molar-refractivity contribution is 6.56. The van der Waals surface area contributed by atoms with E-state index in [-0.39, 0.29) is 5.97 Å². The van der Waals surface area contributed by atoms with Crippen LogP contribution in [0.15, 0.2) is 0 Å². The van der Waals surface area contributed by atoms with Crippen molar-refractivity contribution in [1.29, 1.82) is 0 Å². The van der Waals surface area contributed by atoms with E-state index in [9.17, 15) is 4.79 Å². The van der Waals surface area contributed by atoms with Gasteiger partial charge in [-0.1, -0.05) is 0 Å². The second-order valence-corrected chi connectivity index (χ2v) is 5.67. The van der Waals surface area contributed by atoms with Crippen molar-refractivity contribution in [1.82, 2.24) is 0 Å². The Morgan fingerprint density at radius 2 is 2.18 bits per heavy atom. The van der Waals surface area contributed by atoms with Gasteiger partial charge in [-0.2, -0.15) is 0 Å². The molecule has 0 atom stereocenters. The van der Waals surface area contributed by atoms with Gasteiger partial charge in [-0.15, -0.1) is 0 Å². The maximum absolute atomic E-state index is 10.3. The summed E-state index contributed by atoms with van der Waals surface area (Å²) < 4.78 is 10.1. The number of hydrogen-bond donors (Lipinski definition) is 0. The van der Waals surface area contributed by atoms with Gasteiger partial charge in [0.2, 0.25) is 9.76 Å². The van der Waals surface area contributed by atoms with Crippen LogP contribution in [-0.2, 0) is 13.6 Å². The lowest BCUT2D eigenvalue weighted by Crippen LogP contribution is -2.13. The van der Waals surface area contributed by atoms with Crippen LogP contribution in [0.1, 0.15) is 6.92 Å². The van der Waals surface area contributed by atoms with E-state index in [0.717, 1.165) is 6.04 Å². The molecule has 0 aliphatic heterocycles. The van der Waals surface area contributed by atoms with Crippen molar-refractivity contribution in [3.63, 3.8) is 0 Å². The Bertz CT molecular complexity index is 116. The normalized spacial score (nSPS) is 10.2.